The van der Waals surface area contributed by atoms with Crippen molar-refractivity contribution >= 4 is 17.5 Å². The first-order valence-corrected chi connectivity index (χ1v) is 8.12. The van der Waals surface area contributed by atoms with Gasteiger partial charge in [-0.25, -0.2) is 14.8 Å². The molecule has 1 amide bonds. The second-order valence-electron chi connectivity index (χ2n) is 5.55. The molecule has 148 valence electrons. The molecular formula is C15H16N12O2. The number of carboxylic acid groups (broad SMARTS) is 1. The molecule has 0 saturated carbocycles. The molecule has 4 N–H and O–H groups in total. The molecule has 4 aromatic heterocycles. The van der Waals surface area contributed by atoms with Gasteiger partial charge in [0.2, 0.25) is 0 Å². The molecule has 0 aliphatic carbocycles. The van der Waals surface area contributed by atoms with Crippen LogP contribution >= 0.6 is 0 Å². The van der Waals surface area contributed by atoms with E-state index in [-0.39, 0.29) is 0 Å². The van der Waals surface area contributed by atoms with Crippen molar-refractivity contribution in [3.8, 4) is 11.6 Å². The van der Waals surface area contributed by atoms with Gasteiger partial charge >= 0.3 is 6.09 Å². The van der Waals surface area contributed by atoms with Gasteiger partial charge in [0.15, 0.2) is 23.3 Å². The van der Waals surface area contributed by atoms with Crippen molar-refractivity contribution < 1.29 is 9.90 Å². The van der Waals surface area contributed by atoms with Crippen LogP contribution in [0, 0.1) is 13.8 Å². The first kappa shape index (κ1) is 19.3. The van der Waals surface area contributed by atoms with Crippen molar-refractivity contribution in [1.29, 1.82) is 0 Å². The molecule has 29 heavy (non-hydrogen) atoms. The summed E-state index contributed by atoms with van der Waals surface area (Å²) in [5.74, 6) is 2.35. The number of nitrogens with one attached hydrogen (secondary N) is 1. The Morgan fingerprint density at radius 2 is 1.79 bits per heavy atom. The van der Waals surface area contributed by atoms with Gasteiger partial charge in [-0.15, -0.1) is 20.1 Å². The van der Waals surface area contributed by atoms with Crippen molar-refractivity contribution in [3.63, 3.8) is 0 Å². The number of rotatable bonds is 3. The highest BCUT2D eigenvalue weighted by Gasteiger charge is 2.05. The summed E-state index contributed by atoms with van der Waals surface area (Å²) in [7, 11) is 0. The van der Waals surface area contributed by atoms with E-state index in [2.05, 4.69) is 46.2 Å². The Balaban J connectivity index is 0.000000169. The number of pyridine rings is 2. The van der Waals surface area contributed by atoms with Crippen LogP contribution in [0.15, 0.2) is 36.7 Å². The van der Waals surface area contributed by atoms with E-state index in [1.54, 1.807) is 44.3 Å². The molecule has 0 atom stereocenters. The van der Waals surface area contributed by atoms with Gasteiger partial charge < -0.3 is 10.8 Å². The van der Waals surface area contributed by atoms with E-state index in [4.69, 9.17) is 10.8 Å². The fourth-order valence-electron chi connectivity index (χ4n) is 2.05. The van der Waals surface area contributed by atoms with E-state index in [0.717, 1.165) is 0 Å². The van der Waals surface area contributed by atoms with E-state index in [0.29, 0.717) is 34.7 Å². The van der Waals surface area contributed by atoms with Crippen LogP contribution in [0.3, 0.4) is 0 Å². The lowest BCUT2D eigenvalue weighted by Crippen LogP contribution is -2.08. The lowest BCUT2D eigenvalue weighted by molar-refractivity contribution is 0.209. The van der Waals surface area contributed by atoms with Gasteiger partial charge in [-0.2, -0.15) is 4.68 Å². The predicted octanol–water partition coefficient (Wildman–Crippen LogP) is 0.404. The second kappa shape index (κ2) is 8.47. The van der Waals surface area contributed by atoms with Gasteiger partial charge in [0.05, 0.1) is 23.8 Å². The molecule has 0 spiro atoms. The number of hydrogen-bond acceptors (Lipinski definition) is 10. The van der Waals surface area contributed by atoms with Crippen LogP contribution in [-0.4, -0.2) is 61.6 Å². The fourth-order valence-corrected chi connectivity index (χ4v) is 2.05. The molecule has 14 heteroatoms. The molecule has 4 rings (SSSR count). The molecule has 0 fully saturated rings. The number of nitrogen functional groups attached to an aromatic ring is 1. The Kier molecular flexibility index (Phi) is 5.63. The molecule has 0 saturated heterocycles. The summed E-state index contributed by atoms with van der Waals surface area (Å²) in [5, 5.41) is 33.1. The Labute approximate surface area is 163 Å². The third-order valence-electron chi connectivity index (χ3n) is 3.33. The van der Waals surface area contributed by atoms with Crippen molar-refractivity contribution in [2.75, 3.05) is 11.1 Å². The molecule has 0 radical (unpaired) electrons. The van der Waals surface area contributed by atoms with Crippen LogP contribution in [-0.2, 0) is 0 Å². The normalized spacial score (nSPS) is 10.1. The maximum absolute atomic E-state index is 10.4. The summed E-state index contributed by atoms with van der Waals surface area (Å²) in [4.78, 5) is 19.8. The minimum Gasteiger partial charge on any atom is -0.465 e. The van der Waals surface area contributed by atoms with Crippen molar-refractivity contribution in [1.82, 2.24) is 50.4 Å². The highest BCUT2D eigenvalue weighted by molar-refractivity contribution is 5.82. The predicted molar refractivity (Wildman–Crippen MR) is 99.4 cm³/mol. The quantitative estimate of drug-likeness (QED) is 0.434. The lowest BCUT2D eigenvalue weighted by Gasteiger charge is -2.02. The van der Waals surface area contributed by atoms with Gasteiger partial charge in [0.25, 0.3) is 0 Å². The van der Waals surface area contributed by atoms with E-state index < -0.39 is 6.09 Å². The number of nitrogens with two attached hydrogens (primary N) is 1. The summed E-state index contributed by atoms with van der Waals surface area (Å²) >= 11 is 0. The Morgan fingerprint density at radius 1 is 1.03 bits per heavy atom. The van der Waals surface area contributed by atoms with Crippen molar-refractivity contribution in [2.45, 2.75) is 13.8 Å². The van der Waals surface area contributed by atoms with Crippen LogP contribution in [0.4, 0.5) is 16.2 Å². The van der Waals surface area contributed by atoms with Gasteiger partial charge in [-0.1, -0.05) is 0 Å². The topological polar surface area (TPSA) is 188 Å². The summed E-state index contributed by atoms with van der Waals surface area (Å²) < 4.78 is 1.45. The second-order valence-corrected chi connectivity index (χ2v) is 5.55. The summed E-state index contributed by atoms with van der Waals surface area (Å²) in [5.41, 5.74) is 6.48. The monoisotopic (exact) mass is 396 g/mol. The molecule has 0 unspecified atom stereocenters. The Hall–Kier alpha value is -4.49. The standard InChI is InChI=1S/C8H8N6O2.C7H8N6/c1-5-11-12-13-14(5)7-3-2-6(4-9-7)10-8(15)16;1-5-10-12-13(11-5)7-3-2-6(8)4-9-7/h2-4,10H,1H3,(H,15,16);2-4H,8H2,1H3. The van der Waals surface area contributed by atoms with Gasteiger partial charge in [0.1, 0.15) is 0 Å². The average Bonchev–Trinajstić information content (AvgIpc) is 3.31. The first-order chi connectivity index (χ1) is 13.9. The zero-order valence-electron chi connectivity index (χ0n) is 15.4. The average molecular weight is 396 g/mol. The number of hydrogen-bond donors (Lipinski definition) is 3. The molecule has 4 aromatic rings. The Morgan fingerprint density at radius 3 is 2.31 bits per heavy atom. The minimum absolute atomic E-state index is 0.391. The van der Waals surface area contributed by atoms with E-state index in [1.165, 1.54) is 15.7 Å². The summed E-state index contributed by atoms with van der Waals surface area (Å²) in [6, 6.07) is 6.67. The van der Waals surface area contributed by atoms with E-state index in [9.17, 15) is 4.79 Å². The Bertz CT molecular complexity index is 1090. The SMILES string of the molecule is Cc1nnn(-c2ccc(N)cn2)n1.Cc1nnnn1-c1ccc(NC(=O)O)cn1. The number of carbonyl (C=O) groups is 1. The molecular weight excluding hydrogens is 380 g/mol. The zero-order valence-corrected chi connectivity index (χ0v) is 15.4. The van der Waals surface area contributed by atoms with Gasteiger partial charge in [-0.3, -0.25) is 5.32 Å². The van der Waals surface area contributed by atoms with Crippen LogP contribution in [0.1, 0.15) is 11.6 Å². The fraction of sp³-hybridized carbons (Fsp3) is 0.133. The molecule has 0 bridgehead atoms. The van der Waals surface area contributed by atoms with Gasteiger partial charge in [0, 0.05) is 0 Å². The number of aromatic nitrogens is 10. The van der Waals surface area contributed by atoms with Crippen LogP contribution in [0.25, 0.3) is 11.6 Å². The largest absolute Gasteiger partial charge is 0.465 e. The number of amides is 1. The van der Waals surface area contributed by atoms with Crippen LogP contribution in [0.5, 0.6) is 0 Å². The van der Waals surface area contributed by atoms with Crippen molar-refractivity contribution in [3.05, 3.63) is 48.3 Å². The van der Waals surface area contributed by atoms with Gasteiger partial charge in [-0.05, 0) is 53.8 Å². The third-order valence-corrected chi connectivity index (χ3v) is 3.33. The molecule has 14 nitrogen and oxygen atoms in total. The molecule has 4 heterocycles. The molecule has 0 aliphatic heterocycles. The minimum atomic E-state index is -1.13. The maximum atomic E-state index is 10.4. The van der Waals surface area contributed by atoms with Crippen molar-refractivity contribution in [2.24, 2.45) is 0 Å². The third kappa shape index (κ3) is 5.03. The van der Waals surface area contributed by atoms with Crippen LogP contribution < -0.4 is 11.1 Å². The highest BCUT2D eigenvalue weighted by Crippen LogP contribution is 2.09. The lowest BCUT2D eigenvalue weighted by atomic mass is 10.4. The van der Waals surface area contributed by atoms with E-state index >= 15 is 0 Å². The smallest absolute Gasteiger partial charge is 0.409 e. The number of tetrazole rings is 2. The van der Waals surface area contributed by atoms with Crippen LogP contribution in [0.2, 0.25) is 0 Å². The van der Waals surface area contributed by atoms with E-state index in [1.807, 2.05) is 0 Å². The number of anilines is 2. The summed E-state index contributed by atoms with van der Waals surface area (Å²) in [6.07, 6.45) is 1.81. The zero-order chi connectivity index (χ0) is 20.8. The first-order valence-electron chi connectivity index (χ1n) is 8.12. The maximum Gasteiger partial charge on any atom is 0.409 e. The number of aryl methyl sites for hydroxylation is 2. The number of nitrogens with zero attached hydrogens (tertiary/aromatic N) is 10. The molecule has 0 aliphatic rings. The highest BCUT2D eigenvalue weighted by atomic mass is 16.4. The molecule has 0 aromatic carbocycles. The summed E-state index contributed by atoms with van der Waals surface area (Å²) in [6.45, 7) is 3.51.